The van der Waals surface area contributed by atoms with Crippen molar-refractivity contribution >= 4 is 17.5 Å². The molecule has 1 aliphatic rings. The molecule has 0 saturated heterocycles. The second kappa shape index (κ2) is 6.48. The minimum absolute atomic E-state index is 0.0818. The van der Waals surface area contributed by atoms with Crippen LogP contribution in [0.4, 0.5) is 5.95 Å². The molecule has 5 nitrogen and oxygen atoms in total. The van der Waals surface area contributed by atoms with Crippen LogP contribution in [0.3, 0.4) is 0 Å². The summed E-state index contributed by atoms with van der Waals surface area (Å²) in [5.74, 6) is 1.23. The first-order valence-electron chi connectivity index (χ1n) is 8.51. The Kier molecular flexibility index (Phi) is 4.17. The lowest BCUT2D eigenvalue weighted by atomic mass is 9.92. The Hall–Kier alpha value is -2.40. The maximum atomic E-state index is 6.04. The fourth-order valence-electron chi connectivity index (χ4n) is 3.33. The van der Waals surface area contributed by atoms with E-state index in [1.165, 1.54) is 11.1 Å². The molecule has 0 aliphatic carbocycles. The van der Waals surface area contributed by atoms with Crippen LogP contribution in [0.25, 0.3) is 0 Å². The van der Waals surface area contributed by atoms with Gasteiger partial charge in [-0.05, 0) is 51.6 Å². The van der Waals surface area contributed by atoms with Crippen molar-refractivity contribution in [1.29, 1.82) is 0 Å². The molecule has 1 N–H and O–H groups in total. The van der Waals surface area contributed by atoms with Gasteiger partial charge in [0.05, 0.1) is 12.1 Å². The molecule has 2 aromatic carbocycles. The van der Waals surface area contributed by atoms with Crippen molar-refractivity contribution in [3.05, 3.63) is 70.2 Å². The van der Waals surface area contributed by atoms with Gasteiger partial charge in [0.1, 0.15) is 0 Å². The van der Waals surface area contributed by atoms with E-state index in [1.54, 1.807) is 0 Å². The highest BCUT2D eigenvalue weighted by Crippen LogP contribution is 2.37. The molecule has 0 amide bonds. The average molecular weight is 354 g/mol. The molecule has 0 radical (unpaired) electrons. The van der Waals surface area contributed by atoms with Crippen LogP contribution in [-0.4, -0.2) is 20.2 Å². The number of hydrogen-bond acceptors (Lipinski definition) is 4. The first-order valence-corrected chi connectivity index (χ1v) is 8.89. The van der Waals surface area contributed by atoms with Crippen molar-refractivity contribution < 1.29 is 0 Å². The SMILES string of the molecule is CC(C)c1ccc([C@H]2C[C@@H](c3ccc(Cl)cc3)n3nnnc3N2)cc1. The number of nitrogens with one attached hydrogen (secondary N) is 1. The quantitative estimate of drug-likeness (QED) is 0.747. The summed E-state index contributed by atoms with van der Waals surface area (Å²) in [5, 5.41) is 16.3. The van der Waals surface area contributed by atoms with Gasteiger partial charge in [-0.2, -0.15) is 0 Å². The van der Waals surface area contributed by atoms with E-state index in [9.17, 15) is 0 Å². The van der Waals surface area contributed by atoms with E-state index >= 15 is 0 Å². The van der Waals surface area contributed by atoms with E-state index in [4.69, 9.17) is 11.6 Å². The minimum atomic E-state index is 0.0818. The molecular weight excluding hydrogens is 334 g/mol. The first kappa shape index (κ1) is 16.1. The predicted molar refractivity (Wildman–Crippen MR) is 98.9 cm³/mol. The van der Waals surface area contributed by atoms with Gasteiger partial charge in [0, 0.05) is 5.02 Å². The number of halogens is 1. The number of tetrazole rings is 1. The number of nitrogens with zero attached hydrogens (tertiary/aromatic N) is 4. The molecule has 2 atom stereocenters. The van der Waals surface area contributed by atoms with Crippen LogP contribution in [0.1, 0.15) is 55.0 Å². The molecule has 0 saturated carbocycles. The van der Waals surface area contributed by atoms with E-state index in [0.717, 1.165) is 17.0 Å². The second-order valence-corrected chi connectivity index (χ2v) is 7.20. The molecule has 0 spiro atoms. The molecule has 2 heterocycles. The summed E-state index contributed by atoms with van der Waals surface area (Å²) >= 11 is 6.04. The molecule has 4 rings (SSSR count). The van der Waals surface area contributed by atoms with E-state index in [2.05, 4.69) is 59.0 Å². The van der Waals surface area contributed by atoms with Crippen LogP contribution in [0.5, 0.6) is 0 Å². The molecule has 6 heteroatoms. The largest absolute Gasteiger partial charge is 0.346 e. The smallest absolute Gasteiger partial charge is 0.243 e. The molecular formula is C19H20ClN5. The van der Waals surface area contributed by atoms with Crippen molar-refractivity contribution in [2.24, 2.45) is 0 Å². The van der Waals surface area contributed by atoms with Gasteiger partial charge < -0.3 is 5.32 Å². The van der Waals surface area contributed by atoms with Gasteiger partial charge in [-0.25, -0.2) is 4.68 Å². The fourth-order valence-corrected chi connectivity index (χ4v) is 3.46. The molecule has 1 aliphatic heterocycles. The number of anilines is 1. The van der Waals surface area contributed by atoms with Crippen molar-refractivity contribution in [2.45, 2.75) is 38.3 Å². The van der Waals surface area contributed by atoms with Gasteiger partial charge in [-0.1, -0.05) is 66.9 Å². The van der Waals surface area contributed by atoms with Crippen LogP contribution in [0.15, 0.2) is 48.5 Å². The highest BCUT2D eigenvalue weighted by atomic mass is 35.5. The van der Waals surface area contributed by atoms with E-state index in [1.807, 2.05) is 28.9 Å². The average Bonchev–Trinajstić information content (AvgIpc) is 3.10. The van der Waals surface area contributed by atoms with Crippen LogP contribution in [-0.2, 0) is 0 Å². The Morgan fingerprint density at radius 1 is 1.04 bits per heavy atom. The van der Waals surface area contributed by atoms with Crippen LogP contribution in [0, 0.1) is 0 Å². The number of benzene rings is 2. The Labute approximate surface area is 152 Å². The highest BCUT2D eigenvalue weighted by Gasteiger charge is 2.30. The number of rotatable bonds is 3. The second-order valence-electron chi connectivity index (χ2n) is 6.77. The molecule has 3 aromatic rings. The van der Waals surface area contributed by atoms with Gasteiger partial charge in [0.2, 0.25) is 5.95 Å². The maximum absolute atomic E-state index is 6.04. The summed E-state index contributed by atoms with van der Waals surface area (Å²) < 4.78 is 1.85. The van der Waals surface area contributed by atoms with Gasteiger partial charge in [-0.3, -0.25) is 0 Å². The molecule has 0 fully saturated rings. The van der Waals surface area contributed by atoms with E-state index < -0.39 is 0 Å². The van der Waals surface area contributed by atoms with Gasteiger partial charge in [-0.15, -0.1) is 0 Å². The predicted octanol–water partition coefficient (Wildman–Crippen LogP) is 4.60. The Morgan fingerprint density at radius 2 is 1.72 bits per heavy atom. The standard InChI is InChI=1S/C19H20ClN5/c1-12(2)13-3-5-14(6-4-13)17-11-18(15-7-9-16(20)10-8-15)25-19(21-17)22-23-24-25/h3-10,12,17-18H,11H2,1-2H3,(H,21,22,24)/t17-,18+/m1/s1. The Bertz CT molecular complexity index is 854. The van der Waals surface area contributed by atoms with Crippen molar-refractivity contribution in [2.75, 3.05) is 5.32 Å². The van der Waals surface area contributed by atoms with Gasteiger partial charge >= 0.3 is 0 Å². The fraction of sp³-hybridized carbons (Fsp3) is 0.316. The summed E-state index contributed by atoms with van der Waals surface area (Å²) in [6.07, 6.45) is 0.876. The summed E-state index contributed by atoms with van der Waals surface area (Å²) in [6.45, 7) is 4.41. The normalized spacial score (nSPS) is 19.5. The number of hydrogen-bond donors (Lipinski definition) is 1. The molecule has 0 unspecified atom stereocenters. The monoisotopic (exact) mass is 353 g/mol. The molecule has 0 bridgehead atoms. The summed E-state index contributed by atoms with van der Waals surface area (Å²) in [6, 6.07) is 17.0. The molecule has 1 aromatic heterocycles. The zero-order valence-electron chi connectivity index (χ0n) is 14.2. The number of aromatic nitrogens is 4. The first-order chi connectivity index (χ1) is 12.1. The lowest BCUT2D eigenvalue weighted by molar-refractivity contribution is 0.424. The number of fused-ring (bicyclic) bond motifs is 1. The summed E-state index contributed by atoms with van der Waals surface area (Å²) in [4.78, 5) is 0. The van der Waals surface area contributed by atoms with Crippen LogP contribution >= 0.6 is 11.6 Å². The molecule has 128 valence electrons. The van der Waals surface area contributed by atoms with Crippen LogP contribution < -0.4 is 5.32 Å². The van der Waals surface area contributed by atoms with Crippen molar-refractivity contribution in [3.63, 3.8) is 0 Å². The van der Waals surface area contributed by atoms with Crippen molar-refractivity contribution in [3.8, 4) is 0 Å². The third-order valence-corrected chi connectivity index (χ3v) is 5.06. The Balaban J connectivity index is 1.67. The third kappa shape index (κ3) is 3.12. The van der Waals surface area contributed by atoms with Gasteiger partial charge in [0.25, 0.3) is 0 Å². The lowest BCUT2D eigenvalue weighted by Gasteiger charge is -2.31. The highest BCUT2D eigenvalue weighted by molar-refractivity contribution is 6.30. The van der Waals surface area contributed by atoms with E-state index in [-0.39, 0.29) is 12.1 Å². The molecule has 25 heavy (non-hydrogen) atoms. The minimum Gasteiger partial charge on any atom is -0.346 e. The zero-order chi connectivity index (χ0) is 17.4. The maximum Gasteiger partial charge on any atom is 0.243 e. The topological polar surface area (TPSA) is 55.6 Å². The third-order valence-electron chi connectivity index (χ3n) is 4.81. The van der Waals surface area contributed by atoms with Crippen molar-refractivity contribution in [1.82, 2.24) is 20.2 Å². The Morgan fingerprint density at radius 3 is 2.40 bits per heavy atom. The van der Waals surface area contributed by atoms with E-state index in [0.29, 0.717) is 11.9 Å². The zero-order valence-corrected chi connectivity index (χ0v) is 15.0. The van der Waals surface area contributed by atoms with Crippen LogP contribution in [0.2, 0.25) is 5.02 Å². The summed E-state index contributed by atoms with van der Waals surface area (Å²) in [7, 11) is 0. The lowest BCUT2D eigenvalue weighted by Crippen LogP contribution is -2.28. The van der Waals surface area contributed by atoms with Gasteiger partial charge in [0.15, 0.2) is 0 Å². The summed E-state index contributed by atoms with van der Waals surface area (Å²) in [5.41, 5.74) is 3.75.